The van der Waals surface area contributed by atoms with Crippen molar-refractivity contribution in [2.75, 3.05) is 0 Å². The van der Waals surface area contributed by atoms with Crippen LogP contribution in [-0.2, 0) is 0 Å². The molecule has 0 spiro atoms. The maximum Gasteiger partial charge on any atom is 0.132 e. The third kappa shape index (κ3) is 6.76. The summed E-state index contributed by atoms with van der Waals surface area (Å²) in [6.07, 6.45) is 3.54. The molecule has 0 aromatic heterocycles. The number of phenolic OH excluding ortho intramolecular Hbond substituents is 2. The second kappa shape index (κ2) is 13.8. The molecule has 0 unspecified atom stereocenters. The topological polar surface area (TPSA) is 65.2 Å². The van der Waals surface area contributed by atoms with Crippen LogP contribution in [0.1, 0.15) is 87.1 Å². The molecule has 4 heteroatoms. The number of hydrogen-bond acceptors (Lipinski definition) is 4. The highest BCUT2D eigenvalue weighted by Gasteiger charge is 2.23. The first-order valence-electron chi connectivity index (χ1n) is 15.7. The van der Waals surface area contributed by atoms with Crippen molar-refractivity contribution in [2.24, 2.45) is 9.98 Å². The van der Waals surface area contributed by atoms with Crippen LogP contribution in [0.25, 0.3) is 22.3 Å². The molecule has 0 atom stereocenters. The Balaban J connectivity index is 1.66. The lowest BCUT2D eigenvalue weighted by atomic mass is 9.85. The van der Waals surface area contributed by atoms with Gasteiger partial charge in [-0.25, -0.2) is 0 Å². The van der Waals surface area contributed by atoms with Crippen molar-refractivity contribution >= 4 is 23.8 Å². The predicted molar refractivity (Wildman–Crippen MR) is 190 cm³/mol. The lowest BCUT2D eigenvalue weighted by Gasteiger charge is -2.23. The smallest absolute Gasteiger partial charge is 0.132 e. The van der Waals surface area contributed by atoms with E-state index in [1.807, 2.05) is 97.1 Å². The van der Waals surface area contributed by atoms with E-state index < -0.39 is 0 Å². The normalized spacial score (nSPS) is 11.9. The van der Waals surface area contributed by atoms with Gasteiger partial charge in [-0.15, -0.1) is 0 Å². The maximum atomic E-state index is 11.3. The Morgan fingerprint density at radius 2 is 0.889 bits per heavy atom. The largest absolute Gasteiger partial charge is 0.507 e. The molecule has 0 heterocycles. The summed E-state index contributed by atoms with van der Waals surface area (Å²) in [5.74, 6) is 0.974. The molecule has 0 amide bonds. The highest BCUT2D eigenvalue weighted by molar-refractivity contribution is 5.93. The summed E-state index contributed by atoms with van der Waals surface area (Å²) < 4.78 is 0. The van der Waals surface area contributed by atoms with E-state index in [9.17, 15) is 10.2 Å². The molecule has 0 aliphatic heterocycles. The van der Waals surface area contributed by atoms with E-state index in [0.29, 0.717) is 11.1 Å². The molecular formula is C41H42N2O2. The molecule has 0 fully saturated rings. The summed E-state index contributed by atoms with van der Waals surface area (Å²) in [5, 5.41) is 22.5. The third-order valence-electron chi connectivity index (χ3n) is 8.16. The van der Waals surface area contributed by atoms with Crippen LogP contribution in [0.15, 0.2) is 113 Å². The average molecular weight is 595 g/mol. The molecule has 0 saturated heterocycles. The highest BCUT2D eigenvalue weighted by Crippen LogP contribution is 2.46. The van der Waals surface area contributed by atoms with Gasteiger partial charge in [-0.1, -0.05) is 133 Å². The van der Waals surface area contributed by atoms with Gasteiger partial charge in [-0.05, 0) is 52.1 Å². The van der Waals surface area contributed by atoms with Crippen LogP contribution in [0.3, 0.4) is 0 Å². The summed E-state index contributed by atoms with van der Waals surface area (Å²) in [6.45, 7) is 13.1. The van der Waals surface area contributed by atoms with Gasteiger partial charge in [-0.3, -0.25) is 9.98 Å². The zero-order valence-electron chi connectivity index (χ0n) is 27.0. The Labute approximate surface area is 267 Å². The fraction of sp³-hybridized carbons (Fsp3) is 0.220. The lowest BCUT2D eigenvalue weighted by molar-refractivity contribution is 0.476. The number of rotatable bonds is 9. The van der Waals surface area contributed by atoms with E-state index in [4.69, 9.17) is 9.98 Å². The van der Waals surface area contributed by atoms with Crippen molar-refractivity contribution in [1.82, 2.24) is 0 Å². The molecule has 0 bridgehead atoms. The van der Waals surface area contributed by atoms with E-state index in [1.54, 1.807) is 12.4 Å². The van der Waals surface area contributed by atoms with Gasteiger partial charge in [0.25, 0.3) is 0 Å². The second-order valence-corrected chi connectivity index (χ2v) is 12.4. The number of aliphatic imine (C=N–C) groups is 2. The zero-order chi connectivity index (χ0) is 32.1. The molecule has 5 aromatic rings. The van der Waals surface area contributed by atoms with Gasteiger partial charge in [0.05, 0.1) is 11.4 Å². The molecule has 2 N–H and O–H groups in total. The molecule has 4 nitrogen and oxygen atoms in total. The van der Waals surface area contributed by atoms with Crippen molar-refractivity contribution in [1.29, 1.82) is 0 Å². The maximum absolute atomic E-state index is 11.3. The first kappa shape index (κ1) is 31.5. The summed E-state index contributed by atoms with van der Waals surface area (Å²) in [7, 11) is 0. The predicted octanol–water partition coefficient (Wildman–Crippen LogP) is 11.3. The van der Waals surface area contributed by atoms with Gasteiger partial charge >= 0.3 is 0 Å². The Bertz CT molecular complexity index is 1710. The van der Waals surface area contributed by atoms with Crippen molar-refractivity contribution in [3.8, 4) is 33.8 Å². The minimum Gasteiger partial charge on any atom is -0.507 e. The van der Waals surface area contributed by atoms with E-state index in [-0.39, 0.29) is 29.3 Å². The van der Waals surface area contributed by atoms with Crippen LogP contribution < -0.4 is 0 Å². The second-order valence-electron chi connectivity index (χ2n) is 12.4. The number of para-hydroxylation sites is 2. The van der Waals surface area contributed by atoms with Gasteiger partial charge in [0.2, 0.25) is 0 Å². The number of hydrogen-bond donors (Lipinski definition) is 2. The number of aromatic hydroxyl groups is 2. The summed E-state index contributed by atoms with van der Waals surface area (Å²) in [4.78, 5) is 10.2. The van der Waals surface area contributed by atoms with Gasteiger partial charge < -0.3 is 10.2 Å². The molecule has 0 aliphatic carbocycles. The van der Waals surface area contributed by atoms with E-state index in [0.717, 1.165) is 50.3 Å². The van der Waals surface area contributed by atoms with Crippen molar-refractivity contribution in [3.05, 3.63) is 131 Å². The van der Waals surface area contributed by atoms with Crippen LogP contribution in [0.4, 0.5) is 11.4 Å². The number of phenols is 2. The summed E-state index contributed by atoms with van der Waals surface area (Å²) in [5.41, 5.74) is 9.85. The molecule has 228 valence electrons. The highest BCUT2D eigenvalue weighted by atomic mass is 16.3. The Morgan fingerprint density at radius 3 is 1.24 bits per heavy atom. The van der Waals surface area contributed by atoms with E-state index >= 15 is 0 Å². The van der Waals surface area contributed by atoms with Crippen LogP contribution in [-0.4, -0.2) is 22.6 Å². The quantitative estimate of drug-likeness (QED) is 0.167. The summed E-state index contributed by atoms with van der Waals surface area (Å²) >= 11 is 0. The lowest BCUT2D eigenvalue weighted by Crippen LogP contribution is -2.02. The first-order valence-corrected chi connectivity index (χ1v) is 15.7. The monoisotopic (exact) mass is 594 g/mol. The minimum atomic E-state index is 0.119. The van der Waals surface area contributed by atoms with Crippen LogP contribution in [0.2, 0.25) is 0 Å². The third-order valence-corrected chi connectivity index (χ3v) is 8.16. The van der Waals surface area contributed by atoms with Crippen LogP contribution >= 0.6 is 0 Å². The van der Waals surface area contributed by atoms with Gasteiger partial charge in [0, 0.05) is 40.2 Å². The Hall–Kier alpha value is -4.96. The molecule has 0 radical (unpaired) electrons. The SMILES string of the molecule is CC(C)c1cc(C(C)C)c(N=Cc2cccc(-c3ccccc3)c2O)c(C(C)C)c1N=Cc1cccc(-c2ccccc2)c1O. The van der Waals surface area contributed by atoms with Crippen LogP contribution in [0.5, 0.6) is 11.5 Å². The zero-order valence-corrected chi connectivity index (χ0v) is 27.0. The van der Waals surface area contributed by atoms with Crippen molar-refractivity contribution in [2.45, 2.75) is 59.3 Å². The molecule has 0 saturated carbocycles. The molecule has 45 heavy (non-hydrogen) atoms. The van der Waals surface area contributed by atoms with E-state index in [1.165, 1.54) is 0 Å². The molecule has 5 aromatic carbocycles. The molecular weight excluding hydrogens is 552 g/mol. The Morgan fingerprint density at radius 1 is 0.489 bits per heavy atom. The average Bonchev–Trinajstić information content (AvgIpc) is 3.03. The van der Waals surface area contributed by atoms with Crippen molar-refractivity contribution in [3.63, 3.8) is 0 Å². The molecule has 0 aliphatic rings. The fourth-order valence-corrected chi connectivity index (χ4v) is 5.74. The number of nitrogens with zero attached hydrogens (tertiary/aromatic N) is 2. The van der Waals surface area contributed by atoms with Crippen LogP contribution in [0, 0.1) is 0 Å². The van der Waals surface area contributed by atoms with Gasteiger partial charge in [-0.2, -0.15) is 0 Å². The number of benzene rings is 5. The standard InChI is InChI=1S/C41H42N2O2/c1-26(2)35-23-36(27(3)4)39(43-25-32-20-14-22-34(41(32)45)30-17-11-8-12-18-30)37(28(5)6)38(35)42-24-31-19-13-21-33(40(31)44)29-15-9-7-10-16-29/h7-28,44-45H,1-6H3. The van der Waals surface area contributed by atoms with Gasteiger partial charge in [0.15, 0.2) is 0 Å². The summed E-state index contributed by atoms with van der Waals surface area (Å²) in [6, 6.07) is 33.5. The van der Waals surface area contributed by atoms with Gasteiger partial charge in [0.1, 0.15) is 11.5 Å². The first-order chi connectivity index (χ1) is 21.7. The van der Waals surface area contributed by atoms with E-state index in [2.05, 4.69) is 47.6 Å². The Kier molecular flexibility index (Phi) is 9.63. The fourth-order valence-electron chi connectivity index (χ4n) is 5.74. The van der Waals surface area contributed by atoms with Crippen molar-refractivity contribution < 1.29 is 10.2 Å². The molecule has 5 rings (SSSR count). The minimum absolute atomic E-state index is 0.119.